The molecule has 0 spiro atoms. The molecule has 0 amide bonds. The van der Waals surface area contributed by atoms with Crippen LogP contribution in [0.4, 0.5) is 0 Å². The molecule has 1 aliphatic rings. The van der Waals surface area contributed by atoms with Crippen molar-refractivity contribution in [3.63, 3.8) is 0 Å². The molecule has 1 rings (SSSR count). The summed E-state index contributed by atoms with van der Waals surface area (Å²) in [5.74, 6) is 0. The number of aliphatic hydroxyl groups excluding tert-OH is 3. The third-order valence-electron chi connectivity index (χ3n) is 2.19. The van der Waals surface area contributed by atoms with E-state index in [2.05, 4.69) is 0 Å². The number of β-amino-alcohol motifs (C(OH)–C–C–N with tert-alkyl or cyclic N) is 1. The van der Waals surface area contributed by atoms with Crippen LogP contribution in [-0.4, -0.2) is 63.5 Å². The van der Waals surface area contributed by atoms with E-state index in [-0.39, 0.29) is 6.54 Å². The van der Waals surface area contributed by atoms with Gasteiger partial charge in [0.25, 0.3) is 0 Å². The van der Waals surface area contributed by atoms with E-state index in [9.17, 15) is 10.2 Å². The molecule has 1 heterocycles. The lowest BCUT2D eigenvalue weighted by Crippen LogP contribution is -2.52. The second kappa shape index (κ2) is 2.69. The van der Waals surface area contributed by atoms with Crippen molar-refractivity contribution in [2.45, 2.75) is 17.9 Å². The van der Waals surface area contributed by atoms with Gasteiger partial charge < -0.3 is 20.4 Å². The molecule has 5 heteroatoms. The maximum Gasteiger partial charge on any atom is 0.170 e. The van der Waals surface area contributed by atoms with Gasteiger partial charge in [0.1, 0.15) is 6.10 Å². The fourth-order valence-corrected chi connectivity index (χ4v) is 1.29. The second-order valence-corrected chi connectivity index (χ2v) is 2.93. The third kappa shape index (κ3) is 1.15. The van der Waals surface area contributed by atoms with Crippen LogP contribution in [-0.2, 0) is 0 Å². The highest BCUT2D eigenvalue weighted by atomic mass is 16.4. The zero-order valence-electron chi connectivity index (χ0n) is 6.30. The van der Waals surface area contributed by atoms with Crippen LogP contribution in [0.5, 0.6) is 0 Å². The molecule has 0 aromatic heterocycles. The van der Waals surface area contributed by atoms with Crippen molar-refractivity contribution in [1.82, 2.24) is 4.90 Å². The van der Waals surface area contributed by atoms with Crippen molar-refractivity contribution < 1.29 is 20.4 Å². The highest BCUT2D eigenvalue weighted by Gasteiger charge is 2.49. The first kappa shape index (κ1) is 8.89. The Morgan fingerprint density at radius 1 is 1.55 bits per heavy atom. The lowest BCUT2D eigenvalue weighted by Gasteiger charge is -2.30. The summed E-state index contributed by atoms with van der Waals surface area (Å²) < 4.78 is 0. The Morgan fingerprint density at radius 3 is 2.27 bits per heavy atom. The quantitative estimate of drug-likeness (QED) is 0.339. The predicted octanol–water partition coefficient (Wildman–Crippen LogP) is -2.67. The van der Waals surface area contributed by atoms with Crippen molar-refractivity contribution >= 4 is 0 Å². The fourth-order valence-electron chi connectivity index (χ4n) is 1.29. The SMILES string of the molecule is CN1C[C@H](O)[C@H](O)[C@@]1(O)CO. The normalized spacial score (nSPS) is 46.6. The smallest absolute Gasteiger partial charge is 0.170 e. The molecule has 4 N–H and O–H groups in total. The molecule has 0 aromatic carbocycles. The first-order valence-electron chi connectivity index (χ1n) is 3.43. The molecule has 1 aliphatic heterocycles. The molecule has 1 fully saturated rings. The molecule has 66 valence electrons. The molecule has 0 aromatic rings. The predicted molar refractivity (Wildman–Crippen MR) is 36.7 cm³/mol. The van der Waals surface area contributed by atoms with Crippen LogP contribution in [0.2, 0.25) is 0 Å². The minimum Gasteiger partial charge on any atom is -0.392 e. The van der Waals surface area contributed by atoms with Crippen molar-refractivity contribution in [3.8, 4) is 0 Å². The number of hydrogen-bond donors (Lipinski definition) is 4. The first-order chi connectivity index (χ1) is 5.02. The molecule has 5 nitrogen and oxygen atoms in total. The van der Waals surface area contributed by atoms with Crippen LogP contribution in [0.3, 0.4) is 0 Å². The Morgan fingerprint density at radius 2 is 2.09 bits per heavy atom. The highest BCUT2D eigenvalue weighted by molar-refractivity contribution is 4.97. The summed E-state index contributed by atoms with van der Waals surface area (Å²) in [7, 11) is 1.52. The van der Waals surface area contributed by atoms with Crippen molar-refractivity contribution in [2.75, 3.05) is 20.2 Å². The molecular weight excluding hydrogens is 150 g/mol. The van der Waals surface area contributed by atoms with Gasteiger partial charge in [-0.15, -0.1) is 0 Å². The minimum atomic E-state index is -1.68. The van der Waals surface area contributed by atoms with Gasteiger partial charge in [-0.25, -0.2) is 0 Å². The van der Waals surface area contributed by atoms with E-state index in [1.165, 1.54) is 11.9 Å². The summed E-state index contributed by atoms with van der Waals surface area (Å²) in [6.45, 7) is -0.417. The van der Waals surface area contributed by atoms with Crippen LogP contribution in [0.1, 0.15) is 0 Å². The van der Waals surface area contributed by atoms with E-state index in [0.717, 1.165) is 0 Å². The van der Waals surface area contributed by atoms with Crippen LogP contribution in [0, 0.1) is 0 Å². The van der Waals surface area contributed by atoms with Crippen molar-refractivity contribution in [1.29, 1.82) is 0 Å². The Kier molecular flexibility index (Phi) is 2.17. The lowest BCUT2D eigenvalue weighted by atomic mass is 10.1. The maximum atomic E-state index is 9.47. The van der Waals surface area contributed by atoms with E-state index in [4.69, 9.17) is 10.2 Å². The summed E-state index contributed by atoms with van der Waals surface area (Å²) in [4.78, 5) is 1.32. The Balaban J connectivity index is 2.78. The summed E-state index contributed by atoms with van der Waals surface area (Å²) >= 11 is 0. The first-order valence-corrected chi connectivity index (χ1v) is 3.43. The van der Waals surface area contributed by atoms with Crippen LogP contribution in [0.15, 0.2) is 0 Å². The number of aliphatic hydroxyl groups is 4. The monoisotopic (exact) mass is 163 g/mol. The zero-order chi connectivity index (χ0) is 8.65. The largest absolute Gasteiger partial charge is 0.392 e. The van der Waals surface area contributed by atoms with Gasteiger partial charge in [0.05, 0.1) is 12.7 Å². The number of likely N-dealkylation sites (N-methyl/N-ethyl adjacent to an activating group) is 1. The second-order valence-electron chi connectivity index (χ2n) is 2.93. The molecule has 0 unspecified atom stereocenters. The Labute approximate surface area is 64.5 Å². The van der Waals surface area contributed by atoms with E-state index in [1.54, 1.807) is 0 Å². The van der Waals surface area contributed by atoms with Gasteiger partial charge in [0, 0.05) is 6.54 Å². The van der Waals surface area contributed by atoms with Gasteiger partial charge in [0.15, 0.2) is 5.72 Å². The minimum absolute atomic E-state index is 0.165. The van der Waals surface area contributed by atoms with Gasteiger partial charge in [-0.3, -0.25) is 4.90 Å². The average molecular weight is 163 g/mol. The van der Waals surface area contributed by atoms with Crippen LogP contribution in [0.25, 0.3) is 0 Å². The summed E-state index contributed by atoms with van der Waals surface area (Å²) in [5, 5.41) is 36.5. The lowest BCUT2D eigenvalue weighted by molar-refractivity contribution is -0.166. The van der Waals surface area contributed by atoms with Crippen LogP contribution < -0.4 is 0 Å². The van der Waals surface area contributed by atoms with Crippen molar-refractivity contribution in [2.24, 2.45) is 0 Å². The van der Waals surface area contributed by atoms with Gasteiger partial charge in [-0.1, -0.05) is 0 Å². The molecule has 0 bridgehead atoms. The highest BCUT2D eigenvalue weighted by Crippen LogP contribution is 2.24. The molecule has 3 atom stereocenters. The van der Waals surface area contributed by atoms with Gasteiger partial charge in [-0.2, -0.15) is 0 Å². The summed E-state index contributed by atoms with van der Waals surface area (Å²) in [5.41, 5.74) is -1.68. The summed E-state index contributed by atoms with van der Waals surface area (Å²) in [6, 6.07) is 0. The van der Waals surface area contributed by atoms with Crippen molar-refractivity contribution in [3.05, 3.63) is 0 Å². The molecule has 0 saturated carbocycles. The molecule has 0 radical (unpaired) electrons. The van der Waals surface area contributed by atoms with Crippen LogP contribution >= 0.6 is 0 Å². The molecule has 1 saturated heterocycles. The number of hydrogen-bond acceptors (Lipinski definition) is 5. The third-order valence-corrected chi connectivity index (χ3v) is 2.19. The fraction of sp³-hybridized carbons (Fsp3) is 1.00. The molecule has 11 heavy (non-hydrogen) atoms. The standard InChI is InChI=1S/C6H13NO4/c1-7-2-4(9)5(10)6(7,11)3-8/h4-5,8-11H,2-3H2,1H3/t4-,5-,6-/m0/s1. The number of likely N-dealkylation sites (tertiary alicyclic amines) is 1. The van der Waals surface area contributed by atoms with Gasteiger partial charge in [-0.05, 0) is 7.05 Å². The number of rotatable bonds is 1. The Bertz CT molecular complexity index is 154. The maximum absolute atomic E-state index is 9.47. The zero-order valence-corrected chi connectivity index (χ0v) is 6.30. The van der Waals surface area contributed by atoms with Gasteiger partial charge >= 0.3 is 0 Å². The average Bonchev–Trinajstić information content (AvgIpc) is 2.16. The van der Waals surface area contributed by atoms with Gasteiger partial charge in [0.2, 0.25) is 0 Å². The van der Waals surface area contributed by atoms with E-state index < -0.39 is 24.5 Å². The van der Waals surface area contributed by atoms with E-state index in [1.807, 2.05) is 0 Å². The molecular formula is C6H13NO4. The molecule has 0 aliphatic carbocycles. The summed E-state index contributed by atoms with van der Waals surface area (Å²) in [6.07, 6.45) is -2.28. The van der Waals surface area contributed by atoms with E-state index in [0.29, 0.717) is 0 Å². The van der Waals surface area contributed by atoms with E-state index >= 15 is 0 Å². The Hall–Kier alpha value is -0.200. The topological polar surface area (TPSA) is 84.2 Å². The number of nitrogens with zero attached hydrogens (tertiary/aromatic N) is 1.